The molecule has 2 aromatic carbocycles. The Balaban J connectivity index is 1.96. The van der Waals surface area contributed by atoms with Crippen LogP contribution in [0, 0.1) is 0 Å². The van der Waals surface area contributed by atoms with Crippen molar-refractivity contribution < 1.29 is 23.8 Å². The van der Waals surface area contributed by atoms with E-state index < -0.39 is 6.09 Å². The fourth-order valence-corrected chi connectivity index (χ4v) is 1.89. The highest BCUT2D eigenvalue weighted by atomic mass is 16.7. The first-order chi connectivity index (χ1) is 11.7. The molecule has 0 aromatic heterocycles. The number of ether oxygens (including phenoxy) is 3. The number of carbonyl (C=O) groups excluding carboxylic acids is 1. The van der Waals surface area contributed by atoms with Gasteiger partial charge in [0, 0.05) is 11.3 Å². The van der Waals surface area contributed by atoms with Crippen molar-refractivity contribution in [3.63, 3.8) is 0 Å². The normalized spacial score (nSPS) is 10.3. The van der Waals surface area contributed by atoms with Gasteiger partial charge in [0.05, 0.1) is 27.5 Å². The predicted octanol–water partition coefficient (Wildman–Crippen LogP) is 3.30. The second-order valence-corrected chi connectivity index (χ2v) is 4.57. The minimum Gasteiger partial charge on any atom is -0.497 e. The van der Waals surface area contributed by atoms with E-state index in [1.165, 1.54) is 13.3 Å². The Labute approximate surface area is 139 Å². The Morgan fingerprint density at radius 3 is 2.25 bits per heavy atom. The maximum Gasteiger partial charge on any atom is 0.437 e. The Hall–Kier alpha value is -3.22. The minimum absolute atomic E-state index is 0.565. The van der Waals surface area contributed by atoms with Crippen molar-refractivity contribution in [3.8, 4) is 17.2 Å². The summed E-state index contributed by atoms with van der Waals surface area (Å²) in [5, 5.41) is 6.20. The van der Waals surface area contributed by atoms with Crippen molar-refractivity contribution in [3.05, 3.63) is 48.0 Å². The Morgan fingerprint density at radius 2 is 1.62 bits per heavy atom. The van der Waals surface area contributed by atoms with Gasteiger partial charge in [-0.1, -0.05) is 5.16 Å². The molecule has 2 aromatic rings. The number of amides is 1. The van der Waals surface area contributed by atoms with Crippen LogP contribution in [-0.4, -0.2) is 33.6 Å². The maximum absolute atomic E-state index is 11.7. The molecule has 0 spiro atoms. The molecule has 0 aliphatic rings. The molecule has 0 bridgehead atoms. The Kier molecular flexibility index (Phi) is 6.01. The third-order valence-corrected chi connectivity index (χ3v) is 3.10. The average Bonchev–Trinajstić information content (AvgIpc) is 2.62. The van der Waals surface area contributed by atoms with Crippen LogP contribution in [0.2, 0.25) is 0 Å². The summed E-state index contributed by atoms with van der Waals surface area (Å²) in [6.07, 6.45) is 0.660. The van der Waals surface area contributed by atoms with Crippen molar-refractivity contribution in [1.29, 1.82) is 0 Å². The van der Waals surface area contributed by atoms with E-state index in [2.05, 4.69) is 10.5 Å². The van der Waals surface area contributed by atoms with Gasteiger partial charge in [0.2, 0.25) is 0 Å². The van der Waals surface area contributed by atoms with Gasteiger partial charge < -0.3 is 14.2 Å². The lowest BCUT2D eigenvalue weighted by Gasteiger charge is -2.06. The number of nitrogens with one attached hydrogen (secondary N) is 1. The third-order valence-electron chi connectivity index (χ3n) is 3.10. The summed E-state index contributed by atoms with van der Waals surface area (Å²) < 4.78 is 15.4. The van der Waals surface area contributed by atoms with Crippen molar-refractivity contribution in [2.24, 2.45) is 5.16 Å². The van der Waals surface area contributed by atoms with Crippen molar-refractivity contribution in [2.45, 2.75) is 0 Å². The third kappa shape index (κ3) is 4.64. The summed E-state index contributed by atoms with van der Waals surface area (Å²) >= 11 is 0. The summed E-state index contributed by atoms with van der Waals surface area (Å²) in [7, 11) is 4.66. The average molecular weight is 330 g/mol. The van der Waals surface area contributed by atoms with Gasteiger partial charge in [0.25, 0.3) is 0 Å². The summed E-state index contributed by atoms with van der Waals surface area (Å²) in [6, 6.07) is 12.0. The van der Waals surface area contributed by atoms with E-state index in [4.69, 9.17) is 19.0 Å². The number of oxime groups is 1. The van der Waals surface area contributed by atoms with Gasteiger partial charge in [0.15, 0.2) is 0 Å². The van der Waals surface area contributed by atoms with Gasteiger partial charge in [-0.05, 0) is 42.5 Å². The molecule has 0 aliphatic heterocycles. The maximum atomic E-state index is 11.7. The second kappa shape index (κ2) is 8.42. The molecular weight excluding hydrogens is 312 g/mol. The smallest absolute Gasteiger partial charge is 0.437 e. The first kappa shape index (κ1) is 17.1. The van der Waals surface area contributed by atoms with Gasteiger partial charge >= 0.3 is 6.09 Å². The van der Waals surface area contributed by atoms with Crippen molar-refractivity contribution in [1.82, 2.24) is 0 Å². The zero-order valence-corrected chi connectivity index (χ0v) is 13.6. The summed E-state index contributed by atoms with van der Waals surface area (Å²) in [5.41, 5.74) is 1.18. The zero-order valence-electron chi connectivity index (χ0n) is 13.6. The number of anilines is 1. The van der Waals surface area contributed by atoms with Gasteiger partial charge in [-0.25, -0.2) is 4.79 Å². The Bertz CT molecular complexity index is 713. The molecule has 126 valence electrons. The van der Waals surface area contributed by atoms with Crippen LogP contribution in [-0.2, 0) is 4.84 Å². The fraction of sp³-hybridized carbons (Fsp3) is 0.176. The van der Waals surface area contributed by atoms with Crippen LogP contribution in [0.3, 0.4) is 0 Å². The highest BCUT2D eigenvalue weighted by molar-refractivity contribution is 5.87. The standard InChI is InChI=1S/C17H18N2O5/c1-21-14-6-4-13(5-7-14)19-17(20)24-18-11-12-10-15(22-2)8-9-16(12)23-3/h4-11H,1-3H3,(H,19,20). The molecule has 0 unspecified atom stereocenters. The number of rotatable bonds is 6. The van der Waals surface area contributed by atoms with Crippen molar-refractivity contribution in [2.75, 3.05) is 26.6 Å². The van der Waals surface area contributed by atoms with Crippen molar-refractivity contribution >= 4 is 18.0 Å². The second-order valence-electron chi connectivity index (χ2n) is 4.57. The molecule has 0 aliphatic carbocycles. The van der Waals surface area contributed by atoms with E-state index in [0.29, 0.717) is 28.5 Å². The molecule has 0 saturated heterocycles. The molecule has 7 nitrogen and oxygen atoms in total. The van der Waals surface area contributed by atoms with E-state index in [0.717, 1.165) is 0 Å². The van der Waals surface area contributed by atoms with Crippen LogP contribution in [0.1, 0.15) is 5.56 Å². The number of carbonyl (C=O) groups is 1. The quantitative estimate of drug-likeness (QED) is 0.499. The molecule has 0 atom stereocenters. The Morgan fingerprint density at radius 1 is 0.958 bits per heavy atom. The summed E-state index contributed by atoms with van der Waals surface area (Å²) in [4.78, 5) is 16.5. The highest BCUT2D eigenvalue weighted by Crippen LogP contribution is 2.22. The number of nitrogens with zero attached hydrogens (tertiary/aromatic N) is 1. The van der Waals surface area contributed by atoms with E-state index in [-0.39, 0.29) is 0 Å². The number of benzene rings is 2. The SMILES string of the molecule is COc1ccc(NC(=O)ON=Cc2cc(OC)ccc2OC)cc1. The lowest BCUT2D eigenvalue weighted by atomic mass is 10.2. The van der Waals surface area contributed by atoms with E-state index >= 15 is 0 Å². The largest absolute Gasteiger partial charge is 0.497 e. The van der Waals surface area contributed by atoms with Crippen LogP contribution in [0.4, 0.5) is 10.5 Å². The van der Waals surface area contributed by atoms with Crippen LogP contribution < -0.4 is 19.5 Å². The van der Waals surface area contributed by atoms with E-state index in [1.54, 1.807) is 56.7 Å². The first-order valence-corrected chi connectivity index (χ1v) is 7.03. The first-order valence-electron chi connectivity index (χ1n) is 7.03. The molecule has 24 heavy (non-hydrogen) atoms. The molecule has 1 N–H and O–H groups in total. The molecule has 0 saturated carbocycles. The van der Waals surface area contributed by atoms with E-state index in [9.17, 15) is 4.79 Å². The number of hydrogen-bond acceptors (Lipinski definition) is 6. The monoisotopic (exact) mass is 330 g/mol. The van der Waals surface area contributed by atoms with Gasteiger partial charge in [-0.2, -0.15) is 0 Å². The van der Waals surface area contributed by atoms with Crippen LogP contribution in [0.25, 0.3) is 0 Å². The molecule has 0 heterocycles. The van der Waals surface area contributed by atoms with Crippen LogP contribution >= 0.6 is 0 Å². The molecule has 0 fully saturated rings. The zero-order chi connectivity index (χ0) is 17.4. The van der Waals surface area contributed by atoms with Gasteiger partial charge in [-0.15, -0.1) is 0 Å². The van der Waals surface area contributed by atoms with Gasteiger partial charge in [0.1, 0.15) is 17.2 Å². The lowest BCUT2D eigenvalue weighted by molar-refractivity contribution is 0.167. The molecule has 2 rings (SSSR count). The summed E-state index contributed by atoms with van der Waals surface area (Å²) in [5.74, 6) is 1.91. The lowest BCUT2D eigenvalue weighted by Crippen LogP contribution is -2.10. The van der Waals surface area contributed by atoms with Crippen LogP contribution in [0.15, 0.2) is 47.6 Å². The van der Waals surface area contributed by atoms with Gasteiger partial charge in [-0.3, -0.25) is 10.2 Å². The highest BCUT2D eigenvalue weighted by Gasteiger charge is 2.05. The molecular formula is C17H18N2O5. The number of methoxy groups -OCH3 is 3. The van der Waals surface area contributed by atoms with Crippen LogP contribution in [0.5, 0.6) is 17.2 Å². The van der Waals surface area contributed by atoms with E-state index in [1.807, 2.05) is 0 Å². The summed E-state index contributed by atoms with van der Waals surface area (Å²) in [6.45, 7) is 0. The fourth-order valence-electron chi connectivity index (χ4n) is 1.89. The number of hydrogen-bond donors (Lipinski definition) is 1. The predicted molar refractivity (Wildman–Crippen MR) is 90.2 cm³/mol. The molecule has 0 radical (unpaired) electrons. The molecule has 1 amide bonds. The minimum atomic E-state index is -0.710. The topological polar surface area (TPSA) is 78.4 Å². The molecule has 7 heteroatoms.